The SMILES string of the molecule is c1ccc(-c2ccc(-c3c4ccccc4c(-c4ccc5ccccc5c4)c4ccccc34)cc2)nc1. The van der Waals surface area contributed by atoms with E-state index in [-0.39, 0.29) is 0 Å². The highest BCUT2D eigenvalue weighted by atomic mass is 14.7. The second-order valence-electron chi connectivity index (χ2n) is 9.20. The van der Waals surface area contributed by atoms with Crippen LogP contribution in [0.15, 0.2) is 140 Å². The van der Waals surface area contributed by atoms with Crippen LogP contribution in [0.2, 0.25) is 0 Å². The van der Waals surface area contributed by atoms with Crippen LogP contribution in [0.5, 0.6) is 0 Å². The fourth-order valence-electron chi connectivity index (χ4n) is 5.44. The average Bonchev–Trinajstić information content (AvgIpc) is 2.96. The van der Waals surface area contributed by atoms with Crippen molar-refractivity contribution in [3.63, 3.8) is 0 Å². The standard InChI is InChI=1S/C35H23N/c1-2-10-27-23-28(21-16-24(27)9-1)35-31-13-5-3-11-29(31)34(30-12-4-6-14-32(30)35)26-19-17-25(18-20-26)33-15-7-8-22-36-33/h1-23H. The van der Waals surface area contributed by atoms with Crippen molar-refractivity contribution in [3.05, 3.63) is 140 Å². The number of hydrogen-bond donors (Lipinski definition) is 0. The van der Waals surface area contributed by atoms with Crippen LogP contribution in [-0.4, -0.2) is 4.98 Å². The molecule has 0 unspecified atom stereocenters. The minimum Gasteiger partial charge on any atom is -0.256 e. The summed E-state index contributed by atoms with van der Waals surface area (Å²) in [5.74, 6) is 0. The number of nitrogens with zero attached hydrogens (tertiary/aromatic N) is 1. The molecule has 0 aliphatic rings. The van der Waals surface area contributed by atoms with Crippen molar-refractivity contribution in [1.29, 1.82) is 0 Å². The predicted octanol–water partition coefficient (Wildman–Crippen LogP) is 9.54. The number of hydrogen-bond acceptors (Lipinski definition) is 1. The van der Waals surface area contributed by atoms with Crippen molar-refractivity contribution in [1.82, 2.24) is 4.98 Å². The van der Waals surface area contributed by atoms with Crippen molar-refractivity contribution < 1.29 is 0 Å². The van der Waals surface area contributed by atoms with Gasteiger partial charge in [0, 0.05) is 11.8 Å². The van der Waals surface area contributed by atoms with E-state index in [0.717, 1.165) is 11.3 Å². The van der Waals surface area contributed by atoms with Crippen molar-refractivity contribution in [2.75, 3.05) is 0 Å². The molecule has 7 rings (SSSR count). The molecular weight excluding hydrogens is 434 g/mol. The summed E-state index contributed by atoms with van der Waals surface area (Å²) in [7, 11) is 0. The van der Waals surface area contributed by atoms with Gasteiger partial charge in [0.1, 0.15) is 0 Å². The minimum absolute atomic E-state index is 0.991. The molecule has 36 heavy (non-hydrogen) atoms. The van der Waals surface area contributed by atoms with Crippen molar-refractivity contribution in [2.24, 2.45) is 0 Å². The molecular formula is C35H23N. The maximum absolute atomic E-state index is 4.52. The van der Waals surface area contributed by atoms with Crippen LogP contribution in [0.25, 0.3) is 65.8 Å². The highest BCUT2D eigenvalue weighted by molar-refractivity contribution is 6.21. The number of pyridine rings is 1. The van der Waals surface area contributed by atoms with Gasteiger partial charge < -0.3 is 0 Å². The lowest BCUT2D eigenvalue weighted by atomic mass is 9.85. The maximum atomic E-state index is 4.52. The van der Waals surface area contributed by atoms with E-state index in [1.165, 1.54) is 54.6 Å². The van der Waals surface area contributed by atoms with Gasteiger partial charge >= 0.3 is 0 Å². The van der Waals surface area contributed by atoms with Crippen LogP contribution < -0.4 is 0 Å². The molecule has 0 atom stereocenters. The van der Waals surface area contributed by atoms with Gasteiger partial charge in [0.15, 0.2) is 0 Å². The molecule has 0 spiro atoms. The van der Waals surface area contributed by atoms with E-state index in [9.17, 15) is 0 Å². The second kappa shape index (κ2) is 8.48. The smallest absolute Gasteiger partial charge is 0.0701 e. The normalized spacial score (nSPS) is 11.3. The molecule has 0 aliphatic heterocycles. The van der Waals surface area contributed by atoms with Gasteiger partial charge in [0.2, 0.25) is 0 Å². The monoisotopic (exact) mass is 457 g/mol. The van der Waals surface area contributed by atoms with E-state index in [0.29, 0.717) is 0 Å². The summed E-state index contributed by atoms with van der Waals surface area (Å²) in [6.07, 6.45) is 1.84. The highest BCUT2D eigenvalue weighted by Crippen LogP contribution is 2.44. The first kappa shape index (κ1) is 20.6. The number of fused-ring (bicyclic) bond motifs is 3. The van der Waals surface area contributed by atoms with Gasteiger partial charge in [-0.2, -0.15) is 0 Å². The molecule has 0 amide bonds. The van der Waals surface area contributed by atoms with Gasteiger partial charge in [-0.05, 0) is 72.8 Å². The Hall–Kier alpha value is -4.75. The summed E-state index contributed by atoms with van der Waals surface area (Å²) in [5, 5.41) is 7.61. The Kier molecular flexibility index (Phi) is 4.85. The van der Waals surface area contributed by atoms with Crippen molar-refractivity contribution in [2.45, 2.75) is 0 Å². The Labute approximate surface area is 210 Å². The number of rotatable bonds is 3. The topological polar surface area (TPSA) is 12.9 Å². The summed E-state index contributed by atoms with van der Waals surface area (Å²) in [4.78, 5) is 4.52. The third kappa shape index (κ3) is 3.37. The molecule has 1 nitrogen and oxygen atoms in total. The van der Waals surface area contributed by atoms with Crippen LogP contribution in [0.3, 0.4) is 0 Å². The van der Waals surface area contributed by atoms with E-state index < -0.39 is 0 Å². The zero-order chi connectivity index (χ0) is 23.9. The molecule has 1 heterocycles. The summed E-state index contributed by atoms with van der Waals surface area (Å²) in [5.41, 5.74) is 7.15. The summed E-state index contributed by atoms with van der Waals surface area (Å²) in [6, 6.07) is 47.9. The first-order valence-electron chi connectivity index (χ1n) is 12.3. The summed E-state index contributed by atoms with van der Waals surface area (Å²) >= 11 is 0. The molecule has 1 aromatic heterocycles. The molecule has 0 radical (unpaired) electrons. The Bertz CT molecular complexity index is 1810. The Morgan fingerprint density at radius 2 is 0.861 bits per heavy atom. The molecule has 1 heteroatoms. The van der Waals surface area contributed by atoms with E-state index >= 15 is 0 Å². The zero-order valence-corrected chi connectivity index (χ0v) is 19.7. The fourth-order valence-corrected chi connectivity index (χ4v) is 5.44. The van der Waals surface area contributed by atoms with E-state index in [1.54, 1.807) is 0 Å². The Morgan fingerprint density at radius 3 is 1.47 bits per heavy atom. The molecule has 0 aliphatic carbocycles. The molecule has 0 saturated heterocycles. The van der Waals surface area contributed by atoms with Crippen molar-refractivity contribution in [3.8, 4) is 33.5 Å². The largest absolute Gasteiger partial charge is 0.256 e. The van der Waals surface area contributed by atoms with Gasteiger partial charge in [-0.3, -0.25) is 4.98 Å². The summed E-state index contributed by atoms with van der Waals surface area (Å²) in [6.45, 7) is 0. The van der Waals surface area contributed by atoms with Crippen LogP contribution in [-0.2, 0) is 0 Å². The first-order chi connectivity index (χ1) is 17.9. The van der Waals surface area contributed by atoms with Gasteiger partial charge in [0.05, 0.1) is 5.69 Å². The predicted molar refractivity (Wildman–Crippen MR) is 153 cm³/mol. The Balaban J connectivity index is 1.50. The Morgan fingerprint density at radius 1 is 0.361 bits per heavy atom. The molecule has 0 bridgehead atoms. The van der Waals surface area contributed by atoms with Crippen LogP contribution in [0, 0.1) is 0 Å². The lowest BCUT2D eigenvalue weighted by Gasteiger charge is -2.18. The molecule has 7 aromatic rings. The summed E-state index contributed by atoms with van der Waals surface area (Å²) < 4.78 is 0. The first-order valence-corrected chi connectivity index (χ1v) is 12.3. The fraction of sp³-hybridized carbons (Fsp3) is 0. The molecule has 0 saturated carbocycles. The third-order valence-corrected chi connectivity index (χ3v) is 7.10. The average molecular weight is 458 g/mol. The van der Waals surface area contributed by atoms with E-state index in [1.807, 2.05) is 18.3 Å². The van der Waals surface area contributed by atoms with Crippen LogP contribution in [0.4, 0.5) is 0 Å². The van der Waals surface area contributed by atoms with Gasteiger partial charge in [-0.25, -0.2) is 0 Å². The van der Waals surface area contributed by atoms with Gasteiger partial charge in [0.25, 0.3) is 0 Å². The lowest BCUT2D eigenvalue weighted by Crippen LogP contribution is -1.91. The van der Waals surface area contributed by atoms with Crippen molar-refractivity contribution >= 4 is 32.3 Å². The highest BCUT2D eigenvalue weighted by Gasteiger charge is 2.16. The van der Waals surface area contributed by atoms with Crippen LogP contribution >= 0.6 is 0 Å². The molecule has 0 fully saturated rings. The van der Waals surface area contributed by atoms with Gasteiger partial charge in [-0.15, -0.1) is 0 Å². The third-order valence-electron chi connectivity index (χ3n) is 7.10. The number of aromatic nitrogens is 1. The quantitative estimate of drug-likeness (QED) is 0.241. The van der Waals surface area contributed by atoms with E-state index in [4.69, 9.17) is 0 Å². The van der Waals surface area contributed by atoms with Crippen LogP contribution in [0.1, 0.15) is 0 Å². The molecule has 6 aromatic carbocycles. The molecule has 0 N–H and O–H groups in total. The maximum Gasteiger partial charge on any atom is 0.0701 e. The van der Waals surface area contributed by atoms with E-state index in [2.05, 4.69) is 126 Å². The number of benzene rings is 6. The zero-order valence-electron chi connectivity index (χ0n) is 19.7. The minimum atomic E-state index is 0.991. The lowest BCUT2D eigenvalue weighted by molar-refractivity contribution is 1.33. The molecule has 168 valence electrons. The van der Waals surface area contributed by atoms with Gasteiger partial charge in [-0.1, -0.05) is 115 Å². The second-order valence-corrected chi connectivity index (χ2v) is 9.20.